The fourth-order valence-electron chi connectivity index (χ4n) is 2.65. The summed E-state index contributed by atoms with van der Waals surface area (Å²) in [5.41, 5.74) is 1.92. The van der Waals surface area contributed by atoms with Crippen LogP contribution in [0.1, 0.15) is 15.4 Å². The van der Waals surface area contributed by atoms with E-state index in [2.05, 4.69) is 15.2 Å². The van der Waals surface area contributed by atoms with Crippen molar-refractivity contribution >= 4 is 33.4 Å². The van der Waals surface area contributed by atoms with Gasteiger partial charge in [-0.25, -0.2) is 9.78 Å². The van der Waals surface area contributed by atoms with Crippen LogP contribution in [0.4, 0.5) is 0 Å². The summed E-state index contributed by atoms with van der Waals surface area (Å²) in [7, 11) is 1.65. The Hall–Kier alpha value is -3.59. The first-order valence-corrected chi connectivity index (χ1v) is 9.54. The molecule has 0 saturated carbocycles. The van der Waals surface area contributed by atoms with Crippen molar-refractivity contribution in [1.82, 2.24) is 20.1 Å². The zero-order valence-corrected chi connectivity index (χ0v) is 16.3. The number of esters is 1. The number of carbonyl (C=O) groups excluding carboxylic acids is 2. The molecule has 9 heteroatoms. The highest BCUT2D eigenvalue weighted by molar-refractivity contribution is 7.18. The van der Waals surface area contributed by atoms with Gasteiger partial charge in [0.05, 0.1) is 22.3 Å². The molecule has 1 amide bonds. The van der Waals surface area contributed by atoms with Crippen molar-refractivity contribution in [3.8, 4) is 11.5 Å². The molecule has 146 valence electrons. The fraction of sp³-hybridized carbons (Fsp3) is 0.150. The highest BCUT2D eigenvalue weighted by Crippen LogP contribution is 2.22. The number of aromatic nitrogens is 3. The summed E-state index contributed by atoms with van der Waals surface area (Å²) in [4.78, 5) is 30.5. The fourth-order valence-corrected chi connectivity index (χ4v) is 3.67. The first-order chi connectivity index (χ1) is 14.1. The van der Waals surface area contributed by atoms with Crippen molar-refractivity contribution in [2.45, 2.75) is 6.54 Å². The molecule has 29 heavy (non-hydrogen) atoms. The molecule has 4 rings (SSSR count). The van der Waals surface area contributed by atoms with E-state index in [0.29, 0.717) is 23.6 Å². The number of rotatable bonds is 6. The van der Waals surface area contributed by atoms with Crippen LogP contribution in [0, 0.1) is 0 Å². The standard InChI is InChI=1S/C20H16N4O4S/c1-24(10-17-22-15-4-2-3-5-16(15)29-17)18(25)11-27-20(26)14-8-6-13(7-9-14)19-23-21-12-28-19/h2-9,12H,10-11H2,1H3. The number of carbonyl (C=O) groups is 2. The molecule has 0 bridgehead atoms. The molecule has 0 spiro atoms. The Balaban J connectivity index is 1.31. The third-order valence-corrected chi connectivity index (χ3v) is 5.21. The van der Waals surface area contributed by atoms with Crippen molar-refractivity contribution in [3.05, 3.63) is 65.5 Å². The molecule has 8 nitrogen and oxygen atoms in total. The van der Waals surface area contributed by atoms with Gasteiger partial charge in [-0.2, -0.15) is 0 Å². The summed E-state index contributed by atoms with van der Waals surface area (Å²) < 4.78 is 11.3. The number of para-hydroxylation sites is 1. The number of likely N-dealkylation sites (N-methyl/N-ethyl adjacent to an activating group) is 1. The molecule has 0 aliphatic carbocycles. The summed E-state index contributed by atoms with van der Waals surface area (Å²) in [6.45, 7) is 0.0141. The second-order valence-electron chi connectivity index (χ2n) is 6.22. The van der Waals surface area contributed by atoms with Crippen molar-refractivity contribution in [1.29, 1.82) is 0 Å². The van der Waals surface area contributed by atoms with Gasteiger partial charge in [0.15, 0.2) is 6.61 Å². The lowest BCUT2D eigenvalue weighted by Gasteiger charge is -2.15. The van der Waals surface area contributed by atoms with Gasteiger partial charge in [-0.3, -0.25) is 4.79 Å². The maximum Gasteiger partial charge on any atom is 0.338 e. The second kappa shape index (κ2) is 8.19. The van der Waals surface area contributed by atoms with Crippen LogP contribution < -0.4 is 0 Å². The number of benzene rings is 2. The second-order valence-corrected chi connectivity index (χ2v) is 7.34. The van der Waals surface area contributed by atoms with Gasteiger partial charge >= 0.3 is 5.97 Å². The molecule has 2 aromatic heterocycles. The van der Waals surface area contributed by atoms with E-state index in [0.717, 1.165) is 15.2 Å². The number of hydrogen-bond donors (Lipinski definition) is 0. The van der Waals surface area contributed by atoms with Crippen molar-refractivity contribution in [2.75, 3.05) is 13.7 Å². The summed E-state index contributed by atoms with van der Waals surface area (Å²) in [5, 5.41) is 8.23. The van der Waals surface area contributed by atoms with E-state index in [4.69, 9.17) is 9.15 Å². The van der Waals surface area contributed by atoms with Crippen LogP contribution in [0.15, 0.2) is 59.3 Å². The third-order valence-electron chi connectivity index (χ3n) is 4.19. The highest BCUT2D eigenvalue weighted by atomic mass is 32.1. The zero-order valence-electron chi connectivity index (χ0n) is 15.4. The molecule has 0 N–H and O–H groups in total. The molecule has 0 atom stereocenters. The molecular weight excluding hydrogens is 392 g/mol. The summed E-state index contributed by atoms with van der Waals surface area (Å²) in [6, 6.07) is 14.3. The molecular formula is C20H16N4O4S. The first-order valence-electron chi connectivity index (χ1n) is 8.72. The van der Waals surface area contributed by atoms with Crippen LogP contribution in [0.25, 0.3) is 21.7 Å². The number of thiazole rings is 1. The number of amides is 1. The van der Waals surface area contributed by atoms with Gasteiger partial charge in [-0.05, 0) is 36.4 Å². The molecule has 2 heterocycles. The number of ether oxygens (including phenoxy) is 1. The minimum atomic E-state index is -0.580. The lowest BCUT2D eigenvalue weighted by atomic mass is 10.1. The minimum absolute atomic E-state index is 0.305. The third kappa shape index (κ3) is 4.30. The quantitative estimate of drug-likeness (QED) is 0.452. The van der Waals surface area contributed by atoms with Crippen molar-refractivity contribution in [2.24, 2.45) is 0 Å². The normalized spacial score (nSPS) is 10.8. The smallest absolute Gasteiger partial charge is 0.338 e. The van der Waals surface area contributed by atoms with Crippen LogP contribution in [0.3, 0.4) is 0 Å². The predicted octanol–water partition coefficient (Wildman–Crippen LogP) is 3.16. The molecule has 0 unspecified atom stereocenters. The van der Waals surface area contributed by atoms with Crippen LogP contribution in [-0.4, -0.2) is 45.6 Å². The average Bonchev–Trinajstić information content (AvgIpc) is 3.41. The average molecular weight is 408 g/mol. The predicted molar refractivity (Wildman–Crippen MR) is 106 cm³/mol. The van der Waals surface area contributed by atoms with Gasteiger partial charge in [-0.15, -0.1) is 21.5 Å². The Morgan fingerprint density at radius 3 is 2.66 bits per heavy atom. The van der Waals surface area contributed by atoms with Crippen LogP contribution in [0.5, 0.6) is 0 Å². The Labute approximate surface area is 169 Å². The van der Waals surface area contributed by atoms with Gasteiger partial charge in [0, 0.05) is 12.6 Å². The molecule has 2 aromatic carbocycles. The van der Waals surface area contributed by atoms with E-state index >= 15 is 0 Å². The summed E-state index contributed by atoms with van der Waals surface area (Å²) in [6.07, 6.45) is 1.23. The SMILES string of the molecule is CN(Cc1nc2ccccc2s1)C(=O)COC(=O)c1ccc(-c2nnco2)cc1. The highest BCUT2D eigenvalue weighted by Gasteiger charge is 2.16. The maximum absolute atomic E-state index is 12.3. The molecule has 0 saturated heterocycles. The van der Waals surface area contributed by atoms with Gasteiger partial charge in [0.2, 0.25) is 12.3 Å². The Bertz CT molecular complexity index is 1110. The van der Waals surface area contributed by atoms with Gasteiger partial charge in [0.25, 0.3) is 5.91 Å². The van der Waals surface area contributed by atoms with Gasteiger partial charge in [-0.1, -0.05) is 12.1 Å². The van der Waals surface area contributed by atoms with E-state index in [9.17, 15) is 9.59 Å². The lowest BCUT2D eigenvalue weighted by molar-refractivity contribution is -0.133. The van der Waals surface area contributed by atoms with Gasteiger partial charge < -0.3 is 14.1 Å². The molecule has 0 aliphatic rings. The number of nitrogens with zero attached hydrogens (tertiary/aromatic N) is 4. The Morgan fingerprint density at radius 1 is 1.14 bits per heavy atom. The van der Waals surface area contributed by atoms with Crippen molar-refractivity contribution < 1.29 is 18.7 Å². The topological polar surface area (TPSA) is 98.4 Å². The maximum atomic E-state index is 12.3. The summed E-state index contributed by atoms with van der Waals surface area (Å²) >= 11 is 1.53. The lowest BCUT2D eigenvalue weighted by Crippen LogP contribution is -2.30. The molecule has 0 aliphatic heterocycles. The summed E-state index contributed by atoms with van der Waals surface area (Å²) in [5.74, 6) is -0.527. The zero-order chi connectivity index (χ0) is 20.2. The van der Waals surface area contributed by atoms with E-state index in [1.54, 1.807) is 31.3 Å². The van der Waals surface area contributed by atoms with Gasteiger partial charge in [0.1, 0.15) is 5.01 Å². The Morgan fingerprint density at radius 2 is 1.93 bits per heavy atom. The van der Waals surface area contributed by atoms with E-state index < -0.39 is 5.97 Å². The molecule has 4 aromatic rings. The van der Waals surface area contributed by atoms with Crippen LogP contribution in [0.2, 0.25) is 0 Å². The first kappa shape index (κ1) is 18.8. The van der Waals surface area contributed by atoms with E-state index in [1.165, 1.54) is 22.6 Å². The monoisotopic (exact) mass is 408 g/mol. The molecule has 0 radical (unpaired) electrons. The minimum Gasteiger partial charge on any atom is -0.452 e. The van der Waals surface area contributed by atoms with E-state index in [-0.39, 0.29) is 12.5 Å². The number of fused-ring (bicyclic) bond motifs is 1. The van der Waals surface area contributed by atoms with Crippen LogP contribution in [-0.2, 0) is 16.1 Å². The Kier molecular flexibility index (Phi) is 5.30. The molecule has 0 fully saturated rings. The number of hydrogen-bond acceptors (Lipinski definition) is 8. The van der Waals surface area contributed by atoms with E-state index in [1.807, 2.05) is 24.3 Å². The largest absolute Gasteiger partial charge is 0.452 e. The van der Waals surface area contributed by atoms with Crippen molar-refractivity contribution in [3.63, 3.8) is 0 Å². The van der Waals surface area contributed by atoms with Crippen LogP contribution >= 0.6 is 11.3 Å².